The van der Waals surface area contributed by atoms with Crippen molar-refractivity contribution in [1.82, 2.24) is 19.8 Å². The van der Waals surface area contributed by atoms with Crippen LogP contribution in [0.5, 0.6) is 0 Å². The number of fused-ring (bicyclic) bond motifs is 2. The van der Waals surface area contributed by atoms with E-state index in [-0.39, 0.29) is 28.5 Å². The molecule has 0 unspecified atom stereocenters. The molecule has 3 aliphatic heterocycles. The summed E-state index contributed by atoms with van der Waals surface area (Å²) in [7, 11) is 0. The van der Waals surface area contributed by atoms with Crippen molar-refractivity contribution in [2.45, 2.75) is 68.4 Å². The molecule has 4 aliphatic rings. The van der Waals surface area contributed by atoms with Gasteiger partial charge in [0.05, 0.1) is 29.8 Å². The van der Waals surface area contributed by atoms with Gasteiger partial charge in [-0.1, -0.05) is 6.07 Å². The summed E-state index contributed by atoms with van der Waals surface area (Å²) in [5.74, 6) is 0.902. The van der Waals surface area contributed by atoms with E-state index in [4.69, 9.17) is 4.74 Å². The molecule has 1 N–H and O–H groups in total. The van der Waals surface area contributed by atoms with Gasteiger partial charge in [0, 0.05) is 48.7 Å². The highest BCUT2D eigenvalue weighted by atomic mass is 32.2. The van der Waals surface area contributed by atoms with Crippen molar-refractivity contribution in [3.8, 4) is 10.6 Å². The molecule has 1 aromatic carbocycles. The molecular formula is C31H33F4N5O2S2. The standard InChI is InChI=1S/C31H33F4N5O2S2/c1-30(2,32)16-39-6-5-18-10-23(21(17-3-4-17)9-19(18)13-39)37-29-36-12-22(31(33,34)35)26(38-29)24-11-25-27(44-24)28(41)40(7-8-43-25)20-14-42-15-20/h9-12,17,20H,3-8,13-16H2,1-2H3,(H,36,37,38). The predicted molar refractivity (Wildman–Crippen MR) is 163 cm³/mol. The summed E-state index contributed by atoms with van der Waals surface area (Å²) in [6, 6.07) is 5.87. The van der Waals surface area contributed by atoms with Gasteiger partial charge in [0.25, 0.3) is 5.91 Å². The maximum absolute atomic E-state index is 14.3. The SMILES string of the molecule is CC(C)(F)CN1CCc2cc(Nc3ncc(C(F)(F)F)c(-c4cc5c(s4)C(=O)N(C4COC4)CCS5)n3)c(C3CC3)cc2C1. The Balaban J connectivity index is 1.21. The van der Waals surface area contributed by atoms with E-state index in [2.05, 4.69) is 32.3 Å². The third-order valence-corrected chi connectivity index (χ3v) is 10.7. The first kappa shape index (κ1) is 29.9. The van der Waals surface area contributed by atoms with Crippen LogP contribution in [-0.2, 0) is 23.9 Å². The molecule has 234 valence electrons. The van der Waals surface area contributed by atoms with E-state index in [1.165, 1.54) is 11.8 Å². The Bertz CT molecular complexity index is 1600. The Morgan fingerprint density at radius 3 is 2.57 bits per heavy atom. The van der Waals surface area contributed by atoms with E-state index >= 15 is 0 Å². The highest BCUT2D eigenvalue weighted by Crippen LogP contribution is 2.47. The molecular weight excluding hydrogens is 614 g/mol. The van der Waals surface area contributed by atoms with E-state index in [1.54, 1.807) is 24.8 Å². The summed E-state index contributed by atoms with van der Waals surface area (Å²) >= 11 is 2.52. The van der Waals surface area contributed by atoms with Gasteiger partial charge in [0.15, 0.2) is 0 Å². The van der Waals surface area contributed by atoms with Crippen molar-refractivity contribution in [2.24, 2.45) is 0 Å². The van der Waals surface area contributed by atoms with Crippen LogP contribution in [0.15, 0.2) is 29.3 Å². The molecule has 0 radical (unpaired) electrons. The molecule has 44 heavy (non-hydrogen) atoms. The summed E-state index contributed by atoms with van der Waals surface area (Å²) in [5.41, 5.74) is 1.71. The van der Waals surface area contributed by atoms with E-state index in [9.17, 15) is 22.4 Å². The largest absolute Gasteiger partial charge is 0.420 e. The second kappa shape index (κ2) is 11.3. The van der Waals surface area contributed by atoms with Crippen molar-refractivity contribution in [1.29, 1.82) is 0 Å². The minimum absolute atomic E-state index is 0.00363. The first-order chi connectivity index (χ1) is 20.9. The van der Waals surface area contributed by atoms with Crippen molar-refractivity contribution in [2.75, 3.05) is 43.9 Å². The first-order valence-electron chi connectivity index (χ1n) is 14.9. The van der Waals surface area contributed by atoms with Gasteiger partial charge in [-0.15, -0.1) is 23.1 Å². The Kier molecular flexibility index (Phi) is 7.66. The molecule has 2 aromatic heterocycles. The summed E-state index contributed by atoms with van der Waals surface area (Å²) in [4.78, 5) is 27.2. The number of nitrogens with zero attached hydrogens (tertiary/aromatic N) is 4. The van der Waals surface area contributed by atoms with E-state index in [0.717, 1.165) is 65.7 Å². The third-order valence-electron chi connectivity index (χ3n) is 8.46. The molecule has 7 rings (SSSR count). The van der Waals surface area contributed by atoms with Crippen LogP contribution in [-0.4, -0.2) is 76.0 Å². The molecule has 13 heteroatoms. The van der Waals surface area contributed by atoms with Crippen molar-refractivity contribution in [3.63, 3.8) is 0 Å². The fraction of sp³-hybridized carbons (Fsp3) is 0.516. The Hall–Kier alpha value is -2.74. The number of hydrogen-bond donors (Lipinski definition) is 1. The number of alkyl halides is 4. The van der Waals surface area contributed by atoms with E-state index in [1.807, 2.05) is 0 Å². The lowest BCUT2D eigenvalue weighted by atomic mass is 9.93. The predicted octanol–water partition coefficient (Wildman–Crippen LogP) is 6.90. The average molecular weight is 648 g/mol. The quantitative estimate of drug-likeness (QED) is 0.280. The molecule has 0 bridgehead atoms. The number of aromatic nitrogens is 2. The van der Waals surface area contributed by atoms with Crippen LogP contribution in [0, 0.1) is 0 Å². The fourth-order valence-electron chi connectivity index (χ4n) is 6.14. The highest BCUT2D eigenvalue weighted by molar-refractivity contribution is 7.99. The van der Waals surface area contributed by atoms with Gasteiger partial charge in [-0.2, -0.15) is 13.2 Å². The maximum Gasteiger partial charge on any atom is 0.420 e. The van der Waals surface area contributed by atoms with Crippen LogP contribution in [0.1, 0.15) is 64.5 Å². The summed E-state index contributed by atoms with van der Waals surface area (Å²) in [6.07, 6.45) is -1.03. The number of ether oxygens (including phenoxy) is 1. The van der Waals surface area contributed by atoms with Crippen LogP contribution in [0.2, 0.25) is 0 Å². The number of anilines is 2. The van der Waals surface area contributed by atoms with Crippen LogP contribution >= 0.6 is 23.1 Å². The summed E-state index contributed by atoms with van der Waals surface area (Å²) in [5, 5.41) is 3.25. The number of rotatable bonds is 7. The minimum atomic E-state index is -4.67. The maximum atomic E-state index is 14.3. The van der Waals surface area contributed by atoms with Gasteiger partial charge >= 0.3 is 6.18 Å². The van der Waals surface area contributed by atoms with Crippen molar-refractivity contribution < 1.29 is 27.1 Å². The first-order valence-corrected chi connectivity index (χ1v) is 16.7. The van der Waals surface area contributed by atoms with E-state index < -0.39 is 17.4 Å². The number of carbonyl (C=O) groups is 1. The molecule has 1 amide bonds. The number of hydrogen-bond acceptors (Lipinski definition) is 8. The van der Waals surface area contributed by atoms with Gasteiger partial charge in [-0.05, 0) is 67.9 Å². The second-order valence-electron chi connectivity index (χ2n) is 12.6. The number of halogens is 4. The lowest BCUT2D eigenvalue weighted by Crippen LogP contribution is -2.52. The Labute approximate surface area is 261 Å². The molecule has 1 saturated heterocycles. The molecule has 5 heterocycles. The van der Waals surface area contributed by atoms with Crippen LogP contribution in [0.4, 0.5) is 29.2 Å². The lowest BCUT2D eigenvalue weighted by molar-refractivity contribution is -0.137. The summed E-state index contributed by atoms with van der Waals surface area (Å²) in [6.45, 7) is 6.45. The number of nitrogens with one attached hydrogen (secondary N) is 1. The Morgan fingerprint density at radius 2 is 1.89 bits per heavy atom. The Morgan fingerprint density at radius 1 is 1.09 bits per heavy atom. The highest BCUT2D eigenvalue weighted by Gasteiger charge is 2.39. The van der Waals surface area contributed by atoms with Gasteiger partial charge in [-0.25, -0.2) is 14.4 Å². The average Bonchev–Trinajstić information content (AvgIpc) is 3.70. The minimum Gasteiger partial charge on any atom is -0.377 e. The number of amides is 1. The zero-order valence-corrected chi connectivity index (χ0v) is 26.1. The van der Waals surface area contributed by atoms with Crippen LogP contribution in [0.3, 0.4) is 0 Å². The molecule has 3 aromatic rings. The molecule has 2 fully saturated rings. The van der Waals surface area contributed by atoms with Gasteiger partial charge < -0.3 is 15.0 Å². The van der Waals surface area contributed by atoms with E-state index in [0.29, 0.717) is 54.3 Å². The number of carbonyl (C=O) groups excluding carboxylic acids is 1. The molecule has 0 atom stereocenters. The molecule has 0 spiro atoms. The second-order valence-corrected chi connectivity index (χ2v) is 14.8. The number of thioether (sulfide) groups is 1. The number of thiophene rings is 1. The monoisotopic (exact) mass is 647 g/mol. The van der Waals surface area contributed by atoms with Crippen molar-refractivity contribution >= 4 is 40.6 Å². The van der Waals surface area contributed by atoms with Crippen LogP contribution < -0.4 is 5.32 Å². The summed E-state index contributed by atoms with van der Waals surface area (Å²) < 4.78 is 62.3. The smallest absolute Gasteiger partial charge is 0.377 e. The zero-order chi connectivity index (χ0) is 30.8. The molecule has 1 aliphatic carbocycles. The number of benzene rings is 1. The molecule has 7 nitrogen and oxygen atoms in total. The lowest BCUT2D eigenvalue weighted by Gasteiger charge is -2.36. The third kappa shape index (κ3) is 6.08. The topological polar surface area (TPSA) is 70.6 Å². The fourth-order valence-corrected chi connectivity index (χ4v) is 8.45. The van der Waals surface area contributed by atoms with Crippen molar-refractivity contribution in [3.05, 3.63) is 51.5 Å². The van der Waals surface area contributed by atoms with Gasteiger partial charge in [0.1, 0.15) is 16.1 Å². The van der Waals surface area contributed by atoms with Crippen LogP contribution in [0.25, 0.3) is 10.6 Å². The zero-order valence-electron chi connectivity index (χ0n) is 24.5. The van der Waals surface area contributed by atoms with Gasteiger partial charge in [-0.3, -0.25) is 9.69 Å². The normalized spacial score (nSPS) is 19.8. The van der Waals surface area contributed by atoms with Gasteiger partial charge in [0.2, 0.25) is 5.95 Å². The molecule has 1 saturated carbocycles.